The molecule has 2 nitrogen and oxygen atoms in total. The number of fused-ring (bicyclic) bond motifs is 2. The quantitative estimate of drug-likeness (QED) is 0.768. The zero-order chi connectivity index (χ0) is 15.4. The summed E-state index contributed by atoms with van der Waals surface area (Å²) in [6.45, 7) is 16.3. The van der Waals surface area contributed by atoms with Gasteiger partial charge in [0.2, 0.25) is 0 Å². The first kappa shape index (κ1) is 14.9. The van der Waals surface area contributed by atoms with Gasteiger partial charge >= 0.3 is 0 Å². The molecule has 0 amide bonds. The Hall–Kier alpha value is -1.02. The van der Waals surface area contributed by atoms with Gasteiger partial charge in [0.15, 0.2) is 0 Å². The van der Waals surface area contributed by atoms with Gasteiger partial charge in [0.25, 0.3) is 0 Å². The molecule has 2 bridgehead atoms. The lowest BCUT2D eigenvalue weighted by molar-refractivity contribution is 0.113. The van der Waals surface area contributed by atoms with Crippen molar-refractivity contribution in [1.29, 1.82) is 0 Å². The van der Waals surface area contributed by atoms with E-state index in [1.807, 2.05) is 0 Å². The Morgan fingerprint density at radius 2 is 1.48 bits per heavy atom. The maximum atomic E-state index is 2.69. The van der Waals surface area contributed by atoms with Gasteiger partial charge in [-0.2, -0.15) is 0 Å². The Kier molecular flexibility index (Phi) is 3.36. The molecule has 116 valence electrons. The molecule has 0 spiro atoms. The number of hydrogen-bond acceptors (Lipinski definition) is 2. The van der Waals surface area contributed by atoms with Crippen LogP contribution in [0.4, 0.5) is 5.69 Å². The monoisotopic (exact) mass is 286 g/mol. The van der Waals surface area contributed by atoms with Crippen molar-refractivity contribution in [2.75, 3.05) is 18.0 Å². The van der Waals surface area contributed by atoms with Gasteiger partial charge in [0.1, 0.15) is 0 Å². The standard InChI is InChI=1S/C19H30N2/c1-18(2,3)14-7-9-15(10-8-14)20-12-17-11-16(20)13-21(17)19(4,5)6/h7-10,16-17H,11-13H2,1-6H3/t16-,17-/m0/s1. The van der Waals surface area contributed by atoms with Gasteiger partial charge in [-0.25, -0.2) is 0 Å². The molecule has 0 N–H and O–H groups in total. The molecule has 2 fully saturated rings. The van der Waals surface area contributed by atoms with E-state index in [2.05, 4.69) is 75.6 Å². The number of nitrogens with zero attached hydrogens (tertiary/aromatic N) is 2. The Morgan fingerprint density at radius 3 is 1.90 bits per heavy atom. The predicted molar refractivity (Wildman–Crippen MR) is 91.1 cm³/mol. The van der Waals surface area contributed by atoms with Crippen LogP contribution in [-0.4, -0.2) is 35.6 Å². The third-order valence-electron chi connectivity index (χ3n) is 5.17. The first-order valence-electron chi connectivity index (χ1n) is 8.30. The van der Waals surface area contributed by atoms with E-state index in [0.29, 0.717) is 11.6 Å². The van der Waals surface area contributed by atoms with Gasteiger partial charge in [-0.3, -0.25) is 4.90 Å². The van der Waals surface area contributed by atoms with E-state index in [9.17, 15) is 0 Å². The summed E-state index contributed by atoms with van der Waals surface area (Å²) in [7, 11) is 0. The molecule has 2 heterocycles. The fourth-order valence-corrected chi connectivity index (χ4v) is 3.96. The van der Waals surface area contributed by atoms with E-state index < -0.39 is 0 Å². The second-order valence-corrected chi connectivity index (χ2v) is 8.82. The SMILES string of the molecule is CC(C)(C)c1ccc(N2C[C@@H]3C[C@H]2CN3C(C)(C)C)cc1. The van der Waals surface area contributed by atoms with Crippen LogP contribution in [0.1, 0.15) is 53.5 Å². The predicted octanol–water partition coefficient (Wildman–Crippen LogP) is 4.05. The van der Waals surface area contributed by atoms with Crippen molar-refractivity contribution in [1.82, 2.24) is 4.90 Å². The normalized spacial score (nSPS) is 26.7. The summed E-state index contributed by atoms with van der Waals surface area (Å²) in [5, 5.41) is 0. The number of anilines is 1. The van der Waals surface area contributed by atoms with Gasteiger partial charge in [-0.15, -0.1) is 0 Å². The highest BCUT2D eigenvalue weighted by atomic mass is 15.4. The molecule has 2 saturated heterocycles. The van der Waals surface area contributed by atoms with Crippen LogP contribution in [0.2, 0.25) is 0 Å². The van der Waals surface area contributed by atoms with Crippen LogP contribution in [-0.2, 0) is 5.41 Å². The summed E-state index contributed by atoms with van der Waals surface area (Å²) in [6, 6.07) is 10.7. The minimum absolute atomic E-state index is 0.242. The van der Waals surface area contributed by atoms with Crippen molar-refractivity contribution in [2.24, 2.45) is 0 Å². The number of hydrogen-bond donors (Lipinski definition) is 0. The van der Waals surface area contributed by atoms with Crippen molar-refractivity contribution < 1.29 is 0 Å². The van der Waals surface area contributed by atoms with Crippen molar-refractivity contribution in [3.8, 4) is 0 Å². The minimum Gasteiger partial charge on any atom is -0.366 e. The fraction of sp³-hybridized carbons (Fsp3) is 0.684. The molecule has 3 rings (SSSR count). The van der Waals surface area contributed by atoms with Crippen molar-refractivity contribution in [3.05, 3.63) is 29.8 Å². The van der Waals surface area contributed by atoms with E-state index in [-0.39, 0.29) is 5.41 Å². The molecular weight excluding hydrogens is 256 g/mol. The molecule has 0 radical (unpaired) electrons. The van der Waals surface area contributed by atoms with E-state index in [0.717, 1.165) is 6.04 Å². The van der Waals surface area contributed by atoms with Crippen LogP contribution in [0.3, 0.4) is 0 Å². The van der Waals surface area contributed by atoms with Crippen LogP contribution in [0.15, 0.2) is 24.3 Å². The second-order valence-electron chi connectivity index (χ2n) is 8.82. The fourth-order valence-electron chi connectivity index (χ4n) is 3.96. The van der Waals surface area contributed by atoms with Crippen LogP contribution in [0, 0.1) is 0 Å². The summed E-state index contributed by atoms with van der Waals surface area (Å²) < 4.78 is 0. The molecule has 21 heavy (non-hydrogen) atoms. The van der Waals surface area contributed by atoms with E-state index in [4.69, 9.17) is 0 Å². The number of likely N-dealkylation sites (tertiary alicyclic amines) is 1. The Bertz CT molecular complexity index is 504. The van der Waals surface area contributed by atoms with Crippen molar-refractivity contribution in [2.45, 2.75) is 71.0 Å². The molecule has 2 atom stereocenters. The number of benzene rings is 1. The molecule has 0 saturated carbocycles. The summed E-state index contributed by atoms with van der Waals surface area (Å²) in [4.78, 5) is 5.32. The van der Waals surface area contributed by atoms with Crippen LogP contribution < -0.4 is 4.90 Å². The summed E-state index contributed by atoms with van der Waals surface area (Å²) >= 11 is 0. The van der Waals surface area contributed by atoms with E-state index in [1.165, 1.54) is 30.8 Å². The molecule has 1 aromatic rings. The zero-order valence-corrected chi connectivity index (χ0v) is 14.5. The Balaban J connectivity index is 1.74. The lowest BCUT2D eigenvalue weighted by Gasteiger charge is -2.42. The third kappa shape index (κ3) is 2.70. The highest BCUT2D eigenvalue weighted by molar-refractivity contribution is 5.52. The van der Waals surface area contributed by atoms with Gasteiger partial charge in [-0.05, 0) is 50.3 Å². The maximum Gasteiger partial charge on any atom is 0.0433 e. The average molecular weight is 286 g/mol. The summed E-state index contributed by atoms with van der Waals surface area (Å²) in [5.41, 5.74) is 3.38. The molecule has 2 aliphatic heterocycles. The first-order chi connectivity index (χ1) is 9.66. The van der Waals surface area contributed by atoms with Crippen LogP contribution in [0.5, 0.6) is 0 Å². The zero-order valence-electron chi connectivity index (χ0n) is 14.5. The summed E-state index contributed by atoms with van der Waals surface area (Å²) in [5.74, 6) is 0. The van der Waals surface area contributed by atoms with Gasteiger partial charge < -0.3 is 4.90 Å². The molecular formula is C19H30N2. The maximum absolute atomic E-state index is 2.69. The van der Waals surface area contributed by atoms with Gasteiger partial charge in [-0.1, -0.05) is 32.9 Å². The number of piperazine rings is 1. The lowest BCUT2D eigenvalue weighted by Crippen LogP contribution is -2.53. The van der Waals surface area contributed by atoms with Gasteiger partial charge in [0.05, 0.1) is 0 Å². The molecule has 2 heteroatoms. The van der Waals surface area contributed by atoms with Crippen molar-refractivity contribution >= 4 is 5.69 Å². The highest BCUT2D eigenvalue weighted by Gasteiger charge is 2.46. The second kappa shape index (κ2) is 4.74. The van der Waals surface area contributed by atoms with E-state index >= 15 is 0 Å². The number of rotatable bonds is 1. The minimum atomic E-state index is 0.242. The topological polar surface area (TPSA) is 6.48 Å². The third-order valence-corrected chi connectivity index (χ3v) is 5.17. The average Bonchev–Trinajstić information content (AvgIpc) is 2.96. The lowest BCUT2D eigenvalue weighted by atomic mass is 9.87. The van der Waals surface area contributed by atoms with Crippen molar-refractivity contribution in [3.63, 3.8) is 0 Å². The molecule has 0 aromatic heterocycles. The van der Waals surface area contributed by atoms with Gasteiger partial charge in [0, 0.05) is 36.4 Å². The molecule has 1 aromatic carbocycles. The molecule has 0 aliphatic carbocycles. The van der Waals surface area contributed by atoms with Crippen LogP contribution in [0.25, 0.3) is 0 Å². The molecule has 0 unspecified atom stereocenters. The first-order valence-corrected chi connectivity index (χ1v) is 8.30. The van der Waals surface area contributed by atoms with Crippen LogP contribution >= 0.6 is 0 Å². The summed E-state index contributed by atoms with van der Waals surface area (Å²) in [6.07, 6.45) is 1.33. The Morgan fingerprint density at radius 1 is 0.857 bits per heavy atom. The van der Waals surface area contributed by atoms with E-state index in [1.54, 1.807) is 0 Å². The Labute approximate surface area is 130 Å². The largest absolute Gasteiger partial charge is 0.366 e. The smallest absolute Gasteiger partial charge is 0.0433 e. The highest BCUT2D eigenvalue weighted by Crippen LogP contribution is 2.38. The molecule has 2 aliphatic rings.